The molecule has 30 heavy (non-hydrogen) atoms. The maximum absolute atomic E-state index is 14.3. The van der Waals surface area contributed by atoms with E-state index in [1.807, 2.05) is 0 Å². The summed E-state index contributed by atoms with van der Waals surface area (Å²) in [6.45, 7) is 3.89. The Kier molecular flexibility index (Phi) is 6.59. The van der Waals surface area contributed by atoms with Crippen molar-refractivity contribution >= 4 is 32.4 Å². The first-order chi connectivity index (χ1) is 14.3. The van der Waals surface area contributed by atoms with Crippen LogP contribution in [0.5, 0.6) is 0 Å². The van der Waals surface area contributed by atoms with Gasteiger partial charge in [0.05, 0.1) is 16.2 Å². The van der Waals surface area contributed by atoms with Gasteiger partial charge in [0, 0.05) is 24.0 Å². The molecule has 0 spiro atoms. The van der Waals surface area contributed by atoms with E-state index in [4.69, 9.17) is 0 Å². The van der Waals surface area contributed by atoms with Crippen LogP contribution in [0, 0.1) is 11.6 Å². The average molecular weight is 452 g/mol. The van der Waals surface area contributed by atoms with Gasteiger partial charge >= 0.3 is 0 Å². The number of halogens is 2. The molecule has 0 aliphatic heterocycles. The molecule has 0 fully saturated rings. The highest BCUT2D eigenvalue weighted by Crippen LogP contribution is 2.26. The molecule has 1 heterocycles. The van der Waals surface area contributed by atoms with E-state index in [9.17, 15) is 22.0 Å². The Hall–Kier alpha value is -2.69. The summed E-state index contributed by atoms with van der Waals surface area (Å²) in [5.74, 6) is -2.04. The number of carbonyl (C=O) groups is 1. The molecule has 0 radical (unpaired) electrons. The predicted molar refractivity (Wildman–Crippen MR) is 112 cm³/mol. The highest BCUT2D eigenvalue weighted by Gasteiger charge is 2.24. The van der Waals surface area contributed by atoms with Gasteiger partial charge in [-0.3, -0.25) is 10.1 Å². The zero-order valence-corrected chi connectivity index (χ0v) is 17.9. The minimum Gasteiger partial charge on any atom is -0.298 e. The Morgan fingerprint density at radius 2 is 1.77 bits per heavy atom. The van der Waals surface area contributed by atoms with E-state index < -0.39 is 27.3 Å². The highest BCUT2D eigenvalue weighted by atomic mass is 32.2. The fourth-order valence-electron chi connectivity index (χ4n) is 2.80. The van der Waals surface area contributed by atoms with Gasteiger partial charge in [-0.15, -0.1) is 11.3 Å². The molecule has 2 aromatic carbocycles. The smallest absolute Gasteiger partial charge is 0.260 e. The van der Waals surface area contributed by atoms with Crippen LogP contribution in [0.15, 0.2) is 52.7 Å². The maximum Gasteiger partial charge on any atom is 0.260 e. The van der Waals surface area contributed by atoms with Crippen molar-refractivity contribution in [2.75, 3.05) is 18.4 Å². The quantitative estimate of drug-likeness (QED) is 0.579. The van der Waals surface area contributed by atoms with Crippen LogP contribution < -0.4 is 5.32 Å². The van der Waals surface area contributed by atoms with Crippen molar-refractivity contribution in [3.8, 4) is 11.3 Å². The van der Waals surface area contributed by atoms with E-state index in [1.165, 1.54) is 16.4 Å². The summed E-state index contributed by atoms with van der Waals surface area (Å²) in [5, 5.41) is 4.35. The van der Waals surface area contributed by atoms with Crippen molar-refractivity contribution in [3.05, 3.63) is 65.0 Å². The summed E-state index contributed by atoms with van der Waals surface area (Å²) in [6, 6.07) is 8.81. The Balaban J connectivity index is 1.85. The Labute approximate surface area is 177 Å². The minimum absolute atomic E-state index is 0.163. The summed E-state index contributed by atoms with van der Waals surface area (Å²) in [5.41, 5.74) is 0.780. The Morgan fingerprint density at radius 1 is 1.10 bits per heavy atom. The zero-order valence-electron chi connectivity index (χ0n) is 16.2. The topological polar surface area (TPSA) is 79.4 Å². The van der Waals surface area contributed by atoms with Crippen molar-refractivity contribution in [3.63, 3.8) is 0 Å². The molecular formula is C20H19F2N3O3S2. The number of rotatable bonds is 7. The lowest BCUT2D eigenvalue weighted by atomic mass is 10.2. The summed E-state index contributed by atoms with van der Waals surface area (Å²) in [4.78, 5) is 16.7. The number of benzene rings is 2. The van der Waals surface area contributed by atoms with Gasteiger partial charge in [0.2, 0.25) is 10.0 Å². The standard InChI is InChI=1S/C20H19F2N3O3S2/c1-3-25(4-2)30(27,28)15-9-10-17(22)16(11-15)19(26)24-20-23-18(12-29-20)13-5-7-14(21)8-6-13/h5-12H,3-4H2,1-2H3,(H,23,24,26). The van der Waals surface area contributed by atoms with E-state index in [-0.39, 0.29) is 28.9 Å². The number of nitrogens with one attached hydrogen (secondary N) is 1. The van der Waals surface area contributed by atoms with E-state index in [2.05, 4.69) is 10.3 Å². The third-order valence-corrected chi connectivity index (χ3v) is 7.19. The molecule has 0 aliphatic rings. The van der Waals surface area contributed by atoms with E-state index in [0.29, 0.717) is 11.3 Å². The molecule has 6 nitrogen and oxygen atoms in total. The van der Waals surface area contributed by atoms with Crippen LogP contribution >= 0.6 is 11.3 Å². The molecule has 1 N–H and O–H groups in total. The fourth-order valence-corrected chi connectivity index (χ4v) is 5.00. The van der Waals surface area contributed by atoms with Crippen molar-refractivity contribution in [2.45, 2.75) is 18.7 Å². The molecule has 0 bridgehead atoms. The van der Waals surface area contributed by atoms with Gasteiger partial charge in [0.15, 0.2) is 5.13 Å². The van der Waals surface area contributed by atoms with Crippen molar-refractivity contribution in [1.29, 1.82) is 0 Å². The number of aromatic nitrogens is 1. The number of carbonyl (C=O) groups excluding carboxylic acids is 1. The molecule has 1 aromatic heterocycles. The van der Waals surface area contributed by atoms with Gasteiger partial charge < -0.3 is 0 Å². The molecule has 1 amide bonds. The second-order valence-corrected chi connectivity index (χ2v) is 9.03. The van der Waals surface area contributed by atoms with Gasteiger partial charge in [0.25, 0.3) is 5.91 Å². The first-order valence-corrected chi connectivity index (χ1v) is 11.4. The van der Waals surface area contributed by atoms with Gasteiger partial charge in [-0.2, -0.15) is 4.31 Å². The Bertz CT molecular complexity index is 1160. The van der Waals surface area contributed by atoms with Gasteiger partial charge in [-0.1, -0.05) is 13.8 Å². The van der Waals surface area contributed by atoms with E-state index in [1.54, 1.807) is 31.4 Å². The third-order valence-electron chi connectivity index (χ3n) is 4.39. The van der Waals surface area contributed by atoms with Crippen LogP contribution in [0.3, 0.4) is 0 Å². The molecular weight excluding hydrogens is 432 g/mol. The SMILES string of the molecule is CCN(CC)S(=O)(=O)c1ccc(F)c(C(=O)Nc2nc(-c3ccc(F)cc3)cs2)c1. The normalized spacial score (nSPS) is 11.6. The van der Waals surface area contributed by atoms with Crippen LogP contribution in [0.4, 0.5) is 13.9 Å². The lowest BCUT2D eigenvalue weighted by Crippen LogP contribution is -2.31. The summed E-state index contributed by atoms with van der Waals surface area (Å²) < 4.78 is 53.9. The van der Waals surface area contributed by atoms with Crippen LogP contribution in [-0.4, -0.2) is 36.7 Å². The molecule has 0 aliphatic carbocycles. The second kappa shape index (κ2) is 8.99. The lowest BCUT2D eigenvalue weighted by molar-refractivity contribution is 0.102. The number of anilines is 1. The highest BCUT2D eigenvalue weighted by molar-refractivity contribution is 7.89. The van der Waals surface area contributed by atoms with Crippen LogP contribution in [0.25, 0.3) is 11.3 Å². The molecule has 10 heteroatoms. The molecule has 0 atom stereocenters. The number of hydrogen-bond donors (Lipinski definition) is 1. The predicted octanol–water partition coefficient (Wildman–Crippen LogP) is 4.37. The van der Waals surface area contributed by atoms with Gasteiger partial charge in [0.1, 0.15) is 11.6 Å². The number of thiazole rings is 1. The first kappa shape index (κ1) is 22.0. The van der Waals surface area contributed by atoms with E-state index in [0.717, 1.165) is 29.5 Å². The molecule has 3 aromatic rings. The summed E-state index contributed by atoms with van der Waals surface area (Å²) in [7, 11) is -3.84. The third kappa shape index (κ3) is 4.55. The number of amides is 1. The number of hydrogen-bond acceptors (Lipinski definition) is 5. The largest absolute Gasteiger partial charge is 0.298 e. The monoisotopic (exact) mass is 451 g/mol. The van der Waals surface area contributed by atoms with Gasteiger partial charge in [-0.05, 0) is 42.5 Å². The maximum atomic E-state index is 14.3. The van der Waals surface area contributed by atoms with Crippen molar-refractivity contribution < 1.29 is 22.0 Å². The molecule has 0 saturated carbocycles. The van der Waals surface area contributed by atoms with Gasteiger partial charge in [-0.25, -0.2) is 22.2 Å². The number of sulfonamides is 1. The van der Waals surface area contributed by atoms with E-state index >= 15 is 0 Å². The fraction of sp³-hybridized carbons (Fsp3) is 0.200. The average Bonchev–Trinajstić information content (AvgIpc) is 3.17. The molecule has 3 rings (SSSR count). The number of nitrogens with zero attached hydrogens (tertiary/aromatic N) is 2. The summed E-state index contributed by atoms with van der Waals surface area (Å²) >= 11 is 1.11. The lowest BCUT2D eigenvalue weighted by Gasteiger charge is -2.18. The van der Waals surface area contributed by atoms with Crippen LogP contribution in [-0.2, 0) is 10.0 Å². The first-order valence-electron chi connectivity index (χ1n) is 9.08. The van der Waals surface area contributed by atoms with Crippen LogP contribution in [0.2, 0.25) is 0 Å². The zero-order chi connectivity index (χ0) is 21.9. The van der Waals surface area contributed by atoms with Crippen molar-refractivity contribution in [1.82, 2.24) is 9.29 Å². The Morgan fingerprint density at radius 3 is 2.40 bits per heavy atom. The molecule has 0 unspecified atom stereocenters. The second-order valence-electron chi connectivity index (χ2n) is 6.23. The summed E-state index contributed by atoms with van der Waals surface area (Å²) in [6.07, 6.45) is 0. The van der Waals surface area contributed by atoms with Crippen molar-refractivity contribution in [2.24, 2.45) is 0 Å². The van der Waals surface area contributed by atoms with Crippen LogP contribution in [0.1, 0.15) is 24.2 Å². The molecule has 0 saturated heterocycles. The minimum atomic E-state index is -3.84. The molecule has 158 valence electrons.